The number of nitrogens with zero attached hydrogens (tertiary/aromatic N) is 2. The number of nitrogens with one attached hydrogen (secondary N) is 1. The fourth-order valence-corrected chi connectivity index (χ4v) is 2.66. The van der Waals surface area contributed by atoms with Gasteiger partial charge in [0, 0.05) is 5.69 Å². The maximum Gasteiger partial charge on any atom is 0.156 e. The average Bonchev–Trinajstić information content (AvgIpc) is 2.87. The molecule has 1 aliphatic rings. The van der Waals surface area contributed by atoms with Gasteiger partial charge >= 0.3 is 0 Å². The van der Waals surface area contributed by atoms with Crippen LogP contribution in [0.25, 0.3) is 0 Å². The van der Waals surface area contributed by atoms with Gasteiger partial charge in [0.2, 0.25) is 0 Å². The summed E-state index contributed by atoms with van der Waals surface area (Å²) in [6, 6.07) is 6.53. The molecule has 0 unspecified atom stereocenters. The molecular weight excluding hydrogens is 258 g/mol. The maximum atomic E-state index is 5.96. The summed E-state index contributed by atoms with van der Waals surface area (Å²) in [5.74, 6) is 0.778. The van der Waals surface area contributed by atoms with Crippen LogP contribution >= 0.6 is 11.6 Å². The van der Waals surface area contributed by atoms with E-state index in [2.05, 4.69) is 33.7 Å². The first-order valence-corrected chi connectivity index (χ1v) is 6.91. The van der Waals surface area contributed by atoms with E-state index < -0.39 is 0 Å². The molecule has 0 amide bonds. The molecule has 1 aromatic heterocycles. The first kappa shape index (κ1) is 12.4. The third kappa shape index (κ3) is 2.30. The summed E-state index contributed by atoms with van der Waals surface area (Å²) in [6.07, 6.45) is 3.64. The lowest BCUT2D eigenvalue weighted by molar-refractivity contribution is 0.912. The minimum Gasteiger partial charge on any atom is -0.338 e. The van der Waals surface area contributed by atoms with Crippen LogP contribution in [-0.4, -0.2) is 10.2 Å². The second-order valence-electron chi connectivity index (χ2n) is 5.05. The van der Waals surface area contributed by atoms with E-state index in [1.807, 2.05) is 13.8 Å². The largest absolute Gasteiger partial charge is 0.338 e. The van der Waals surface area contributed by atoms with E-state index in [1.54, 1.807) is 0 Å². The van der Waals surface area contributed by atoms with Gasteiger partial charge < -0.3 is 5.32 Å². The number of hydrogen-bond acceptors (Lipinski definition) is 3. The van der Waals surface area contributed by atoms with Crippen molar-refractivity contribution in [2.45, 2.75) is 33.1 Å². The second-order valence-corrected chi connectivity index (χ2v) is 5.41. The van der Waals surface area contributed by atoms with Crippen molar-refractivity contribution in [3.8, 4) is 0 Å². The summed E-state index contributed by atoms with van der Waals surface area (Å²) < 4.78 is 0. The van der Waals surface area contributed by atoms with E-state index >= 15 is 0 Å². The molecule has 4 heteroatoms. The Morgan fingerprint density at radius 1 is 1.05 bits per heavy atom. The SMILES string of the molecule is Cc1c(Cl)nnc(Nc2ccc3c(c2)CCC3)c1C. The molecule has 2 aromatic rings. The van der Waals surface area contributed by atoms with Crippen LogP contribution in [0.3, 0.4) is 0 Å². The average molecular weight is 274 g/mol. The molecule has 0 saturated heterocycles. The van der Waals surface area contributed by atoms with Crippen molar-refractivity contribution in [3.63, 3.8) is 0 Å². The van der Waals surface area contributed by atoms with Crippen LogP contribution in [0.1, 0.15) is 28.7 Å². The third-order valence-electron chi connectivity index (χ3n) is 3.83. The summed E-state index contributed by atoms with van der Waals surface area (Å²) in [4.78, 5) is 0. The van der Waals surface area contributed by atoms with Gasteiger partial charge in [-0.25, -0.2) is 0 Å². The fourth-order valence-electron chi connectivity index (χ4n) is 2.48. The van der Waals surface area contributed by atoms with Gasteiger partial charge in [0.1, 0.15) is 0 Å². The van der Waals surface area contributed by atoms with E-state index in [0.717, 1.165) is 22.6 Å². The van der Waals surface area contributed by atoms with Gasteiger partial charge in [-0.1, -0.05) is 17.7 Å². The van der Waals surface area contributed by atoms with Crippen molar-refractivity contribution < 1.29 is 0 Å². The molecule has 0 radical (unpaired) electrons. The Labute approximate surface area is 118 Å². The number of halogens is 1. The molecule has 1 aromatic carbocycles. The van der Waals surface area contributed by atoms with Gasteiger partial charge in [0.25, 0.3) is 0 Å². The van der Waals surface area contributed by atoms with Gasteiger partial charge in [-0.05, 0) is 67.5 Å². The van der Waals surface area contributed by atoms with Crippen LogP contribution in [0.4, 0.5) is 11.5 Å². The molecule has 1 heterocycles. The molecule has 0 bridgehead atoms. The molecular formula is C15H16ClN3. The monoisotopic (exact) mass is 273 g/mol. The minimum atomic E-state index is 0.469. The zero-order valence-corrected chi connectivity index (χ0v) is 11.9. The van der Waals surface area contributed by atoms with E-state index in [0.29, 0.717) is 5.15 Å². The first-order chi connectivity index (χ1) is 9.15. The van der Waals surface area contributed by atoms with Crippen LogP contribution in [-0.2, 0) is 12.8 Å². The molecule has 98 valence electrons. The van der Waals surface area contributed by atoms with Crippen LogP contribution in [0.15, 0.2) is 18.2 Å². The van der Waals surface area contributed by atoms with Crippen molar-refractivity contribution in [1.82, 2.24) is 10.2 Å². The Balaban J connectivity index is 1.91. The van der Waals surface area contributed by atoms with Crippen molar-refractivity contribution in [2.75, 3.05) is 5.32 Å². The van der Waals surface area contributed by atoms with Gasteiger partial charge in [-0.2, -0.15) is 0 Å². The number of hydrogen-bond donors (Lipinski definition) is 1. The first-order valence-electron chi connectivity index (χ1n) is 6.53. The van der Waals surface area contributed by atoms with Crippen LogP contribution in [0.2, 0.25) is 5.15 Å². The highest BCUT2D eigenvalue weighted by atomic mass is 35.5. The predicted octanol–water partition coefficient (Wildman–Crippen LogP) is 3.98. The Bertz CT molecular complexity index is 638. The van der Waals surface area contributed by atoms with E-state index in [4.69, 9.17) is 11.6 Å². The Morgan fingerprint density at radius 3 is 2.68 bits per heavy atom. The van der Waals surface area contributed by atoms with Gasteiger partial charge in [0.15, 0.2) is 11.0 Å². The second kappa shape index (κ2) is 4.82. The van der Waals surface area contributed by atoms with Gasteiger partial charge in [-0.15, -0.1) is 10.2 Å². The summed E-state index contributed by atoms with van der Waals surface area (Å²) in [5.41, 5.74) is 6.00. The van der Waals surface area contributed by atoms with Crippen molar-refractivity contribution in [1.29, 1.82) is 0 Å². The smallest absolute Gasteiger partial charge is 0.156 e. The number of aromatic nitrogens is 2. The molecule has 0 spiro atoms. The van der Waals surface area contributed by atoms with Crippen molar-refractivity contribution >= 4 is 23.1 Å². The highest BCUT2D eigenvalue weighted by molar-refractivity contribution is 6.30. The minimum absolute atomic E-state index is 0.469. The maximum absolute atomic E-state index is 5.96. The molecule has 0 aliphatic heterocycles. The molecule has 0 saturated carbocycles. The van der Waals surface area contributed by atoms with Crippen LogP contribution in [0.5, 0.6) is 0 Å². The lowest BCUT2D eigenvalue weighted by Crippen LogP contribution is -2.01. The van der Waals surface area contributed by atoms with E-state index in [9.17, 15) is 0 Å². The molecule has 1 N–H and O–H groups in total. The fraction of sp³-hybridized carbons (Fsp3) is 0.333. The summed E-state index contributed by atoms with van der Waals surface area (Å²) in [6.45, 7) is 3.96. The number of rotatable bonds is 2. The molecule has 3 rings (SSSR count). The highest BCUT2D eigenvalue weighted by Gasteiger charge is 2.12. The summed E-state index contributed by atoms with van der Waals surface area (Å²) in [7, 11) is 0. The highest BCUT2D eigenvalue weighted by Crippen LogP contribution is 2.28. The van der Waals surface area contributed by atoms with Gasteiger partial charge in [-0.3, -0.25) is 0 Å². The van der Waals surface area contributed by atoms with E-state index in [-0.39, 0.29) is 0 Å². The molecule has 0 fully saturated rings. The Kier molecular flexibility index (Phi) is 3.15. The lowest BCUT2D eigenvalue weighted by Gasteiger charge is -2.11. The van der Waals surface area contributed by atoms with Crippen LogP contribution < -0.4 is 5.32 Å². The number of anilines is 2. The van der Waals surface area contributed by atoms with E-state index in [1.165, 1.54) is 30.4 Å². The van der Waals surface area contributed by atoms with Crippen LogP contribution in [0, 0.1) is 13.8 Å². The number of benzene rings is 1. The number of aryl methyl sites for hydroxylation is 2. The molecule has 3 nitrogen and oxygen atoms in total. The normalized spacial score (nSPS) is 13.4. The number of fused-ring (bicyclic) bond motifs is 1. The molecule has 0 atom stereocenters. The Hall–Kier alpha value is -1.61. The topological polar surface area (TPSA) is 37.8 Å². The lowest BCUT2D eigenvalue weighted by atomic mass is 10.1. The quantitative estimate of drug-likeness (QED) is 0.899. The summed E-state index contributed by atoms with van der Waals surface area (Å²) >= 11 is 5.96. The Morgan fingerprint density at radius 2 is 1.84 bits per heavy atom. The zero-order valence-electron chi connectivity index (χ0n) is 11.1. The third-order valence-corrected chi connectivity index (χ3v) is 4.19. The summed E-state index contributed by atoms with van der Waals surface area (Å²) in [5, 5.41) is 11.9. The molecule has 1 aliphatic carbocycles. The molecule has 19 heavy (non-hydrogen) atoms. The standard InChI is InChI=1S/C15H16ClN3/c1-9-10(2)15(19-18-14(9)16)17-13-7-6-11-4-3-5-12(11)8-13/h6-8H,3-5H2,1-2H3,(H,17,19). The predicted molar refractivity (Wildman–Crippen MR) is 78.3 cm³/mol. The van der Waals surface area contributed by atoms with Crippen molar-refractivity contribution in [3.05, 3.63) is 45.6 Å². The van der Waals surface area contributed by atoms with Gasteiger partial charge in [0.05, 0.1) is 0 Å². The zero-order chi connectivity index (χ0) is 13.4. The van der Waals surface area contributed by atoms with Crippen molar-refractivity contribution in [2.24, 2.45) is 0 Å².